The maximum absolute atomic E-state index is 11.3. The molecule has 0 bridgehead atoms. The Morgan fingerprint density at radius 3 is 2.94 bits per heavy atom. The van der Waals surface area contributed by atoms with E-state index >= 15 is 0 Å². The average Bonchev–Trinajstić information content (AvgIpc) is 2.71. The topological polar surface area (TPSA) is 45.8 Å². The average molecular weight is 244 g/mol. The van der Waals surface area contributed by atoms with Gasteiger partial charge in [0.25, 0.3) is 0 Å². The zero-order valence-electron chi connectivity index (χ0n) is 9.27. The number of hydrogen-bond acceptors (Lipinski definition) is 3. The Morgan fingerprint density at radius 2 is 2.12 bits per heavy atom. The molecule has 0 saturated carbocycles. The third-order valence-electron chi connectivity index (χ3n) is 2.76. The molecule has 0 unspecified atom stereocenters. The quantitative estimate of drug-likeness (QED) is 0.881. The van der Waals surface area contributed by atoms with Crippen LogP contribution in [0.1, 0.15) is 19.3 Å². The van der Waals surface area contributed by atoms with Crippen molar-refractivity contribution in [2.75, 3.05) is 0 Å². The van der Waals surface area contributed by atoms with E-state index in [1.165, 1.54) is 0 Å². The molecule has 0 fully saturated rings. The van der Waals surface area contributed by atoms with Gasteiger partial charge < -0.3 is 4.98 Å². The molecule has 2 aromatic rings. The van der Waals surface area contributed by atoms with Gasteiger partial charge in [0.05, 0.1) is 11.0 Å². The van der Waals surface area contributed by atoms with Crippen LogP contribution in [0.4, 0.5) is 0 Å². The van der Waals surface area contributed by atoms with E-state index < -0.39 is 0 Å². The molecule has 3 nitrogen and oxygen atoms in total. The number of H-pyrrole nitrogens is 1. The standard InChI is InChI=1S/C13H12N2OS/c16-9-4-3-5-10(8-9)17-13-14-11-6-1-2-7-12(11)15-13/h1-2,6-8H,3-5H2,(H,14,15). The summed E-state index contributed by atoms with van der Waals surface area (Å²) in [6.07, 6.45) is 4.37. The highest BCUT2D eigenvalue weighted by atomic mass is 32.2. The molecule has 86 valence electrons. The fourth-order valence-corrected chi connectivity index (χ4v) is 2.93. The molecule has 4 heteroatoms. The van der Waals surface area contributed by atoms with Gasteiger partial charge in [-0.1, -0.05) is 23.9 Å². The maximum Gasteiger partial charge on any atom is 0.170 e. The van der Waals surface area contributed by atoms with Gasteiger partial charge in [0.15, 0.2) is 10.9 Å². The van der Waals surface area contributed by atoms with Gasteiger partial charge in [-0.15, -0.1) is 0 Å². The van der Waals surface area contributed by atoms with Gasteiger partial charge in [-0.05, 0) is 36.0 Å². The molecule has 1 N–H and O–H groups in total. The first-order valence-electron chi connectivity index (χ1n) is 5.67. The summed E-state index contributed by atoms with van der Waals surface area (Å²) in [5.41, 5.74) is 2.01. The van der Waals surface area contributed by atoms with Crippen molar-refractivity contribution in [2.45, 2.75) is 24.4 Å². The summed E-state index contributed by atoms with van der Waals surface area (Å²) in [6.45, 7) is 0. The number of nitrogens with one attached hydrogen (secondary N) is 1. The number of rotatable bonds is 2. The highest BCUT2D eigenvalue weighted by Gasteiger charge is 2.12. The molecule has 1 aromatic carbocycles. The minimum atomic E-state index is 0.231. The summed E-state index contributed by atoms with van der Waals surface area (Å²) < 4.78 is 0. The number of ketones is 1. The molecule has 1 aliphatic carbocycles. The maximum atomic E-state index is 11.3. The molecule has 0 spiro atoms. The Kier molecular flexibility index (Phi) is 2.73. The van der Waals surface area contributed by atoms with E-state index in [1.54, 1.807) is 17.8 Å². The van der Waals surface area contributed by atoms with Gasteiger partial charge in [-0.25, -0.2) is 4.98 Å². The highest BCUT2D eigenvalue weighted by molar-refractivity contribution is 8.03. The van der Waals surface area contributed by atoms with Crippen molar-refractivity contribution < 1.29 is 4.79 Å². The van der Waals surface area contributed by atoms with Gasteiger partial charge in [0.2, 0.25) is 0 Å². The number of carbonyl (C=O) groups is 1. The van der Waals surface area contributed by atoms with Crippen molar-refractivity contribution in [1.29, 1.82) is 0 Å². The van der Waals surface area contributed by atoms with Gasteiger partial charge >= 0.3 is 0 Å². The minimum absolute atomic E-state index is 0.231. The van der Waals surface area contributed by atoms with Crippen LogP contribution in [0.2, 0.25) is 0 Å². The predicted octanol–water partition coefficient (Wildman–Crippen LogP) is 3.29. The lowest BCUT2D eigenvalue weighted by Crippen LogP contribution is -2.00. The smallest absolute Gasteiger partial charge is 0.170 e. The van der Waals surface area contributed by atoms with Gasteiger partial charge in [-0.3, -0.25) is 4.79 Å². The summed E-state index contributed by atoms with van der Waals surface area (Å²) in [4.78, 5) is 20.2. The van der Waals surface area contributed by atoms with Crippen LogP contribution in [0, 0.1) is 0 Å². The van der Waals surface area contributed by atoms with Crippen molar-refractivity contribution in [1.82, 2.24) is 9.97 Å². The molecule has 1 aliphatic rings. The van der Waals surface area contributed by atoms with Crippen molar-refractivity contribution >= 4 is 28.6 Å². The monoisotopic (exact) mass is 244 g/mol. The van der Waals surface area contributed by atoms with E-state index in [1.807, 2.05) is 24.3 Å². The molecular formula is C13H12N2OS. The van der Waals surface area contributed by atoms with Crippen molar-refractivity contribution in [2.24, 2.45) is 0 Å². The number of aromatic nitrogens is 2. The minimum Gasteiger partial charge on any atom is -0.333 e. The first kappa shape index (κ1) is 10.6. The Labute approximate surface area is 103 Å². The zero-order valence-corrected chi connectivity index (χ0v) is 10.1. The van der Waals surface area contributed by atoms with Crippen LogP contribution in [0.3, 0.4) is 0 Å². The van der Waals surface area contributed by atoms with E-state index in [0.717, 1.165) is 33.9 Å². The summed E-state index contributed by atoms with van der Waals surface area (Å²) >= 11 is 1.57. The molecule has 0 aliphatic heterocycles. The largest absolute Gasteiger partial charge is 0.333 e. The van der Waals surface area contributed by atoms with Gasteiger partial charge in [0.1, 0.15) is 0 Å². The van der Waals surface area contributed by atoms with E-state index in [0.29, 0.717) is 6.42 Å². The number of thioether (sulfide) groups is 1. The number of allylic oxidation sites excluding steroid dienone is 2. The van der Waals surface area contributed by atoms with E-state index in [-0.39, 0.29) is 5.78 Å². The van der Waals surface area contributed by atoms with Crippen LogP contribution in [-0.2, 0) is 4.79 Å². The Hall–Kier alpha value is -1.55. The first-order valence-corrected chi connectivity index (χ1v) is 6.49. The summed E-state index contributed by atoms with van der Waals surface area (Å²) in [5.74, 6) is 0.231. The fraction of sp³-hybridized carbons (Fsp3) is 0.231. The Morgan fingerprint density at radius 1 is 1.24 bits per heavy atom. The first-order chi connectivity index (χ1) is 8.31. The molecule has 0 saturated heterocycles. The number of imidazole rings is 1. The third kappa shape index (κ3) is 2.26. The van der Waals surface area contributed by atoms with Crippen molar-refractivity contribution in [3.05, 3.63) is 35.2 Å². The third-order valence-corrected chi connectivity index (χ3v) is 3.73. The molecule has 0 atom stereocenters. The second-order valence-electron chi connectivity index (χ2n) is 4.09. The summed E-state index contributed by atoms with van der Waals surface area (Å²) in [5, 5.41) is 0.868. The van der Waals surface area contributed by atoms with E-state index in [2.05, 4.69) is 9.97 Å². The van der Waals surface area contributed by atoms with Crippen molar-refractivity contribution in [3.8, 4) is 0 Å². The number of carbonyl (C=O) groups excluding carboxylic acids is 1. The number of fused-ring (bicyclic) bond motifs is 1. The summed E-state index contributed by atoms with van der Waals surface area (Å²) in [7, 11) is 0. The van der Waals surface area contributed by atoms with Gasteiger partial charge in [0, 0.05) is 6.42 Å². The van der Waals surface area contributed by atoms with Crippen LogP contribution >= 0.6 is 11.8 Å². The van der Waals surface area contributed by atoms with Crippen LogP contribution in [0.5, 0.6) is 0 Å². The molecule has 17 heavy (non-hydrogen) atoms. The lowest BCUT2D eigenvalue weighted by molar-refractivity contribution is -0.115. The number of nitrogens with zero attached hydrogens (tertiary/aromatic N) is 1. The second kappa shape index (κ2) is 4.37. The molecule has 0 radical (unpaired) electrons. The van der Waals surface area contributed by atoms with Crippen molar-refractivity contribution in [3.63, 3.8) is 0 Å². The van der Waals surface area contributed by atoms with Crippen LogP contribution in [-0.4, -0.2) is 15.8 Å². The molecule has 1 heterocycles. The SMILES string of the molecule is O=C1C=C(Sc2nc3ccccc3[nH]2)CCC1. The Bertz CT molecular complexity index is 567. The zero-order chi connectivity index (χ0) is 11.7. The lowest BCUT2D eigenvalue weighted by Gasteiger charge is -2.09. The van der Waals surface area contributed by atoms with Crippen LogP contribution < -0.4 is 0 Å². The second-order valence-corrected chi connectivity index (χ2v) is 5.21. The van der Waals surface area contributed by atoms with Gasteiger partial charge in [-0.2, -0.15) is 0 Å². The molecule has 1 aromatic heterocycles. The van der Waals surface area contributed by atoms with E-state index in [9.17, 15) is 4.79 Å². The van der Waals surface area contributed by atoms with E-state index in [4.69, 9.17) is 0 Å². The number of para-hydroxylation sites is 2. The summed E-state index contributed by atoms with van der Waals surface area (Å²) in [6, 6.07) is 7.95. The van der Waals surface area contributed by atoms with Crippen LogP contribution in [0.15, 0.2) is 40.4 Å². The number of aromatic amines is 1. The predicted molar refractivity (Wildman–Crippen MR) is 68.9 cm³/mol. The fourth-order valence-electron chi connectivity index (χ4n) is 1.94. The normalized spacial score (nSPS) is 16.2. The molecule has 0 amide bonds. The molecular weight excluding hydrogens is 232 g/mol. The number of benzene rings is 1. The lowest BCUT2D eigenvalue weighted by atomic mass is 10.1. The Balaban J connectivity index is 1.87. The number of hydrogen-bond donors (Lipinski definition) is 1. The molecule has 3 rings (SSSR count). The highest BCUT2D eigenvalue weighted by Crippen LogP contribution is 2.31. The van der Waals surface area contributed by atoms with Crippen LogP contribution in [0.25, 0.3) is 11.0 Å².